The van der Waals surface area contributed by atoms with Crippen LogP contribution < -0.4 is 15.4 Å². The summed E-state index contributed by atoms with van der Waals surface area (Å²) in [6.07, 6.45) is 0. The van der Waals surface area contributed by atoms with Crippen molar-refractivity contribution in [3.8, 4) is 5.75 Å². The quantitative estimate of drug-likeness (QED) is 0.760. The van der Waals surface area contributed by atoms with Gasteiger partial charge in [-0.1, -0.05) is 23.1 Å². The second-order valence-corrected chi connectivity index (χ2v) is 8.79. The molecule has 1 aromatic heterocycles. The number of hydrogen-bond acceptors (Lipinski definition) is 7. The maximum absolute atomic E-state index is 12.1. The number of nitrogens with one attached hydrogen (secondary N) is 2. The van der Waals surface area contributed by atoms with Gasteiger partial charge in [0.2, 0.25) is 11.0 Å². The van der Waals surface area contributed by atoms with E-state index >= 15 is 0 Å². The van der Waals surface area contributed by atoms with Crippen LogP contribution in [0.15, 0.2) is 28.6 Å². The van der Waals surface area contributed by atoms with Gasteiger partial charge in [-0.2, -0.15) is 0 Å². The van der Waals surface area contributed by atoms with Crippen molar-refractivity contribution in [1.29, 1.82) is 0 Å². The van der Waals surface area contributed by atoms with Crippen molar-refractivity contribution in [1.82, 2.24) is 15.5 Å². The van der Waals surface area contributed by atoms with Crippen LogP contribution >= 0.6 is 23.1 Å². The highest BCUT2D eigenvalue weighted by Gasteiger charge is 2.21. The number of benzene rings is 1. The van der Waals surface area contributed by atoms with E-state index in [1.807, 2.05) is 52.0 Å². The molecule has 0 radical (unpaired) electrons. The zero-order chi connectivity index (χ0) is 17.7. The standard InChI is InChI=1S/C16H22N4O2S2/c1-10(13(21)18-16(2,3)4)23-15-20-19-14(24-15)17-11-6-8-12(22-5)9-7-11/h6-10H,1-5H3,(H,17,19)(H,18,21). The van der Waals surface area contributed by atoms with Crippen molar-refractivity contribution in [3.05, 3.63) is 24.3 Å². The number of carbonyl (C=O) groups excluding carboxylic acids is 1. The summed E-state index contributed by atoms with van der Waals surface area (Å²) in [6.45, 7) is 7.75. The second kappa shape index (κ2) is 7.85. The number of aromatic nitrogens is 2. The topological polar surface area (TPSA) is 76.1 Å². The average molecular weight is 367 g/mol. The highest BCUT2D eigenvalue weighted by molar-refractivity contribution is 8.02. The van der Waals surface area contributed by atoms with E-state index < -0.39 is 0 Å². The van der Waals surface area contributed by atoms with Crippen molar-refractivity contribution in [2.45, 2.75) is 42.8 Å². The van der Waals surface area contributed by atoms with Gasteiger partial charge >= 0.3 is 0 Å². The number of methoxy groups -OCH3 is 1. The lowest BCUT2D eigenvalue weighted by atomic mass is 10.1. The summed E-state index contributed by atoms with van der Waals surface area (Å²) in [5, 5.41) is 14.9. The smallest absolute Gasteiger partial charge is 0.233 e. The zero-order valence-electron chi connectivity index (χ0n) is 14.4. The van der Waals surface area contributed by atoms with E-state index in [-0.39, 0.29) is 16.7 Å². The Morgan fingerprint density at radius 2 is 1.92 bits per heavy atom. The summed E-state index contributed by atoms with van der Waals surface area (Å²) in [5.41, 5.74) is 0.663. The van der Waals surface area contributed by atoms with Gasteiger partial charge < -0.3 is 15.4 Å². The summed E-state index contributed by atoms with van der Waals surface area (Å²) in [5.74, 6) is 0.792. The molecule has 2 aromatic rings. The van der Waals surface area contributed by atoms with E-state index in [4.69, 9.17) is 4.74 Å². The number of ether oxygens (including phenoxy) is 1. The number of rotatable bonds is 6. The fourth-order valence-electron chi connectivity index (χ4n) is 1.78. The minimum Gasteiger partial charge on any atom is -0.497 e. The van der Waals surface area contributed by atoms with Gasteiger partial charge in [0, 0.05) is 11.2 Å². The van der Waals surface area contributed by atoms with Gasteiger partial charge in [-0.25, -0.2) is 0 Å². The van der Waals surface area contributed by atoms with Gasteiger partial charge in [-0.3, -0.25) is 4.79 Å². The molecule has 0 spiro atoms. The van der Waals surface area contributed by atoms with Gasteiger partial charge in [-0.05, 0) is 52.0 Å². The van der Waals surface area contributed by atoms with Crippen LogP contribution in [0.25, 0.3) is 0 Å². The molecule has 24 heavy (non-hydrogen) atoms. The molecular formula is C16H22N4O2S2. The molecule has 0 saturated carbocycles. The number of amides is 1. The van der Waals surface area contributed by atoms with Gasteiger partial charge in [0.25, 0.3) is 0 Å². The van der Waals surface area contributed by atoms with Crippen molar-refractivity contribution in [3.63, 3.8) is 0 Å². The molecule has 1 atom stereocenters. The van der Waals surface area contributed by atoms with E-state index in [1.165, 1.54) is 23.1 Å². The van der Waals surface area contributed by atoms with Crippen molar-refractivity contribution in [2.75, 3.05) is 12.4 Å². The van der Waals surface area contributed by atoms with Crippen LogP contribution in [-0.2, 0) is 4.79 Å². The Kier molecular flexibility index (Phi) is 6.06. The van der Waals surface area contributed by atoms with Crippen LogP contribution in [-0.4, -0.2) is 34.0 Å². The molecule has 2 rings (SSSR count). The number of carbonyl (C=O) groups is 1. The van der Waals surface area contributed by atoms with E-state index in [9.17, 15) is 4.79 Å². The third-order valence-corrected chi connectivity index (χ3v) is 4.92. The summed E-state index contributed by atoms with van der Waals surface area (Å²) in [6, 6.07) is 7.56. The maximum atomic E-state index is 12.1. The van der Waals surface area contributed by atoms with Gasteiger partial charge in [0.15, 0.2) is 4.34 Å². The maximum Gasteiger partial charge on any atom is 0.233 e. The SMILES string of the molecule is COc1ccc(Nc2nnc(SC(C)C(=O)NC(C)(C)C)s2)cc1. The summed E-state index contributed by atoms with van der Waals surface area (Å²) in [7, 11) is 1.63. The normalized spacial score (nSPS) is 12.5. The van der Waals surface area contributed by atoms with E-state index in [1.54, 1.807) is 7.11 Å². The molecular weight excluding hydrogens is 344 g/mol. The van der Waals surface area contributed by atoms with Gasteiger partial charge in [-0.15, -0.1) is 10.2 Å². The summed E-state index contributed by atoms with van der Waals surface area (Å²) < 4.78 is 5.88. The van der Waals surface area contributed by atoms with Gasteiger partial charge in [0.05, 0.1) is 12.4 Å². The van der Waals surface area contributed by atoms with E-state index in [2.05, 4.69) is 20.8 Å². The first kappa shape index (κ1) is 18.5. The molecule has 0 aliphatic carbocycles. The number of nitrogens with zero attached hydrogens (tertiary/aromatic N) is 2. The lowest BCUT2D eigenvalue weighted by molar-refractivity contribution is -0.121. The molecule has 1 aromatic carbocycles. The van der Waals surface area contributed by atoms with Crippen LogP contribution in [0.4, 0.5) is 10.8 Å². The third kappa shape index (κ3) is 5.68. The fraction of sp³-hybridized carbons (Fsp3) is 0.438. The lowest BCUT2D eigenvalue weighted by Gasteiger charge is -2.22. The first-order chi connectivity index (χ1) is 11.3. The average Bonchev–Trinajstić information content (AvgIpc) is 2.93. The van der Waals surface area contributed by atoms with Crippen LogP contribution in [0, 0.1) is 0 Å². The molecule has 0 fully saturated rings. The molecule has 8 heteroatoms. The number of anilines is 2. The van der Waals surface area contributed by atoms with Gasteiger partial charge in [0.1, 0.15) is 5.75 Å². The number of thioether (sulfide) groups is 1. The predicted octanol–water partition coefficient (Wildman–Crippen LogP) is 3.69. The van der Waals surface area contributed by atoms with Crippen LogP contribution in [0.3, 0.4) is 0 Å². The Labute approximate surface area is 150 Å². The third-order valence-electron chi connectivity index (χ3n) is 2.89. The zero-order valence-corrected chi connectivity index (χ0v) is 16.0. The molecule has 1 amide bonds. The Hall–Kier alpha value is -1.80. The highest BCUT2D eigenvalue weighted by atomic mass is 32.2. The Bertz CT molecular complexity index is 680. The van der Waals surface area contributed by atoms with E-state index in [0.29, 0.717) is 5.13 Å². The Morgan fingerprint density at radius 1 is 1.25 bits per heavy atom. The first-order valence-electron chi connectivity index (χ1n) is 7.50. The lowest BCUT2D eigenvalue weighted by Crippen LogP contribution is -2.44. The van der Waals surface area contributed by atoms with E-state index in [0.717, 1.165) is 15.8 Å². The van der Waals surface area contributed by atoms with Crippen molar-refractivity contribution >= 4 is 39.8 Å². The minimum absolute atomic E-state index is 0.00707. The van der Waals surface area contributed by atoms with Crippen molar-refractivity contribution < 1.29 is 9.53 Å². The Balaban J connectivity index is 1.93. The molecule has 0 aliphatic rings. The monoisotopic (exact) mass is 366 g/mol. The summed E-state index contributed by atoms with van der Waals surface area (Å²) >= 11 is 2.82. The molecule has 6 nitrogen and oxygen atoms in total. The molecule has 130 valence electrons. The molecule has 1 unspecified atom stereocenters. The highest BCUT2D eigenvalue weighted by Crippen LogP contribution is 2.31. The molecule has 2 N–H and O–H groups in total. The second-order valence-electron chi connectivity index (χ2n) is 6.23. The molecule has 0 saturated heterocycles. The minimum atomic E-state index is -0.242. The van der Waals surface area contributed by atoms with Crippen LogP contribution in [0.5, 0.6) is 5.75 Å². The molecule has 0 aliphatic heterocycles. The van der Waals surface area contributed by atoms with Crippen molar-refractivity contribution in [2.24, 2.45) is 0 Å². The number of hydrogen-bond donors (Lipinski definition) is 2. The first-order valence-corrected chi connectivity index (χ1v) is 9.20. The Morgan fingerprint density at radius 3 is 2.50 bits per heavy atom. The molecule has 1 heterocycles. The van der Waals surface area contributed by atoms with Crippen LogP contribution in [0.2, 0.25) is 0 Å². The van der Waals surface area contributed by atoms with Crippen LogP contribution in [0.1, 0.15) is 27.7 Å². The fourth-order valence-corrected chi connectivity index (χ4v) is 3.70. The summed E-state index contributed by atoms with van der Waals surface area (Å²) in [4.78, 5) is 12.1. The predicted molar refractivity (Wildman–Crippen MR) is 99.4 cm³/mol. The largest absolute Gasteiger partial charge is 0.497 e. The molecule has 0 bridgehead atoms.